The van der Waals surface area contributed by atoms with E-state index in [0.717, 1.165) is 24.0 Å². The molecule has 2 saturated carbocycles. The molecule has 0 amide bonds. The molecule has 14 heteroatoms. The van der Waals surface area contributed by atoms with Gasteiger partial charge in [-0.1, -0.05) is 63.2 Å². The maximum atomic E-state index is 16.1. The van der Waals surface area contributed by atoms with Crippen molar-refractivity contribution in [2.45, 2.75) is 122 Å². The molecule has 1 aromatic heterocycles. The fraction of sp³-hybridized carbons (Fsp3) is 0.500. The van der Waals surface area contributed by atoms with Gasteiger partial charge in [-0.2, -0.15) is 0 Å². The van der Waals surface area contributed by atoms with Crippen molar-refractivity contribution >= 4 is 42.6 Å². The van der Waals surface area contributed by atoms with Crippen LogP contribution in [0.2, 0.25) is 18.1 Å². The van der Waals surface area contributed by atoms with Crippen molar-refractivity contribution in [3.05, 3.63) is 87.7 Å². The summed E-state index contributed by atoms with van der Waals surface area (Å²) in [6.45, 7) is 16.1. The summed E-state index contributed by atoms with van der Waals surface area (Å²) in [6.07, 6.45) is 1.73. The van der Waals surface area contributed by atoms with E-state index < -0.39 is 65.9 Å². The number of rotatable bonds is 11. The second-order valence-electron chi connectivity index (χ2n) is 20.0. The molecule has 8 rings (SSSR count). The van der Waals surface area contributed by atoms with Crippen LogP contribution in [0.4, 0.5) is 4.79 Å². The summed E-state index contributed by atoms with van der Waals surface area (Å²) in [6, 6.07) is 15.2. The number of Topliss-reactive ketones (excluding diaryl/α,β-unsaturated/α-hetero) is 2. The van der Waals surface area contributed by atoms with Gasteiger partial charge in [-0.15, -0.1) is 0 Å². The molecule has 13 nitrogen and oxygen atoms in total. The van der Waals surface area contributed by atoms with E-state index in [-0.39, 0.29) is 47.8 Å². The molecule has 0 bridgehead atoms. The predicted molar refractivity (Wildman–Crippen MR) is 236 cm³/mol. The number of hydrogen-bond donors (Lipinski definition) is 2. The summed E-state index contributed by atoms with van der Waals surface area (Å²) in [5.74, 6) is -2.22. The summed E-state index contributed by atoms with van der Waals surface area (Å²) in [5, 5.41) is 21.4. The monoisotopic (exact) mass is 865 g/mol. The van der Waals surface area contributed by atoms with Gasteiger partial charge >= 0.3 is 6.16 Å². The number of nitrogens with one attached hydrogen (secondary N) is 1. The Morgan fingerprint density at radius 3 is 2.31 bits per heavy atom. The minimum absolute atomic E-state index is 0.0318. The lowest BCUT2D eigenvalue weighted by molar-refractivity contribution is -0.140. The number of hydrogen-bond acceptors (Lipinski definition) is 13. The molecule has 0 spiro atoms. The highest BCUT2D eigenvalue weighted by Gasteiger charge is 2.69. The van der Waals surface area contributed by atoms with E-state index in [1.54, 1.807) is 27.9 Å². The lowest BCUT2D eigenvalue weighted by Crippen LogP contribution is -2.68. The van der Waals surface area contributed by atoms with Crippen LogP contribution >= 0.6 is 0 Å². The van der Waals surface area contributed by atoms with E-state index in [0.29, 0.717) is 40.4 Å². The van der Waals surface area contributed by atoms with Crippen molar-refractivity contribution in [3.8, 4) is 17.4 Å². The van der Waals surface area contributed by atoms with E-state index in [4.69, 9.17) is 27.9 Å². The first-order valence-corrected chi connectivity index (χ1v) is 24.4. The molecule has 62 heavy (non-hydrogen) atoms. The molecule has 4 aliphatic carbocycles. The molecule has 0 radical (unpaired) electrons. The minimum Gasteiger partial charge on any atom is -0.507 e. The zero-order chi connectivity index (χ0) is 44.7. The van der Waals surface area contributed by atoms with Crippen molar-refractivity contribution in [1.29, 1.82) is 0 Å². The molecule has 0 saturated heterocycles. The third-order valence-corrected chi connectivity index (χ3v) is 17.7. The molecular formula is C48H59N3O10Si. The van der Waals surface area contributed by atoms with Crippen LogP contribution in [0, 0.1) is 11.8 Å². The molecule has 0 aliphatic heterocycles. The highest BCUT2D eigenvalue weighted by atomic mass is 28.4. The third kappa shape index (κ3) is 7.52. The highest BCUT2D eigenvalue weighted by Crippen LogP contribution is 2.60. The van der Waals surface area contributed by atoms with Gasteiger partial charge in [0.15, 0.2) is 25.4 Å². The number of aliphatic hydroxyl groups is 1. The summed E-state index contributed by atoms with van der Waals surface area (Å²) in [7, 11) is 2.33. The number of aromatic nitrogens is 1. The van der Waals surface area contributed by atoms with Crippen LogP contribution in [0.25, 0.3) is 16.5 Å². The number of ketones is 2. The maximum Gasteiger partial charge on any atom is 0.514 e. The van der Waals surface area contributed by atoms with E-state index in [1.807, 2.05) is 80.6 Å². The van der Waals surface area contributed by atoms with Crippen molar-refractivity contribution in [1.82, 2.24) is 15.4 Å². The Morgan fingerprint density at radius 1 is 0.968 bits per heavy atom. The topological polar surface area (TPSA) is 159 Å². The number of aliphatic hydroxyl groups excluding tert-OH is 1. The molecule has 4 atom stereocenters. The first-order chi connectivity index (χ1) is 29.2. The van der Waals surface area contributed by atoms with Gasteiger partial charge in [0.1, 0.15) is 29.3 Å². The Balaban J connectivity index is 1.35. The molecular weight excluding hydrogens is 807 g/mol. The molecule has 1 heterocycles. The minimum atomic E-state index is -2.99. The molecule has 330 valence electrons. The smallest absolute Gasteiger partial charge is 0.507 e. The van der Waals surface area contributed by atoms with Gasteiger partial charge in [0.2, 0.25) is 11.6 Å². The van der Waals surface area contributed by atoms with Gasteiger partial charge < -0.3 is 38.3 Å². The molecule has 0 unspecified atom stereocenters. The quantitative estimate of drug-likeness (QED) is 0.0637. The zero-order valence-corrected chi connectivity index (χ0v) is 38.7. The van der Waals surface area contributed by atoms with E-state index >= 15 is 9.59 Å². The van der Waals surface area contributed by atoms with Crippen molar-refractivity contribution in [2.75, 3.05) is 21.2 Å². The van der Waals surface area contributed by atoms with Crippen LogP contribution in [-0.4, -0.2) is 79.7 Å². The van der Waals surface area contributed by atoms with E-state index in [1.165, 1.54) is 0 Å². The highest BCUT2D eigenvalue weighted by molar-refractivity contribution is 6.74. The number of fused-ring (bicyclic) bond motifs is 5. The van der Waals surface area contributed by atoms with Gasteiger partial charge in [0.05, 0.1) is 18.7 Å². The number of carbonyl (C=O) groups excluding carboxylic acids is 3. The summed E-state index contributed by atoms with van der Waals surface area (Å²) in [5.41, 5.74) is -0.421. The summed E-state index contributed by atoms with van der Waals surface area (Å²) >= 11 is 0. The first kappa shape index (κ1) is 43.6. The Bertz CT molecular complexity index is 2480. The number of carbonyl (C=O) groups is 3. The van der Waals surface area contributed by atoms with Crippen molar-refractivity contribution in [3.63, 3.8) is 0 Å². The van der Waals surface area contributed by atoms with Crippen LogP contribution in [0.3, 0.4) is 0 Å². The van der Waals surface area contributed by atoms with E-state index in [2.05, 4.69) is 31.2 Å². The van der Waals surface area contributed by atoms with Crippen molar-refractivity contribution in [2.24, 2.45) is 11.8 Å². The predicted octanol–water partition coefficient (Wildman–Crippen LogP) is 9.27. The zero-order valence-electron chi connectivity index (χ0n) is 37.7. The lowest BCUT2D eigenvalue weighted by atomic mass is 9.57. The number of nitrogens with zero attached hydrogens (tertiary/aromatic N) is 2. The van der Waals surface area contributed by atoms with Gasteiger partial charge in [0.25, 0.3) is 5.88 Å². The van der Waals surface area contributed by atoms with Gasteiger partial charge in [-0.25, -0.2) is 4.79 Å². The fourth-order valence-corrected chi connectivity index (χ4v) is 10.6. The first-order valence-electron chi connectivity index (χ1n) is 21.5. The average molecular weight is 866 g/mol. The summed E-state index contributed by atoms with van der Waals surface area (Å²) in [4.78, 5) is 47.3. The number of ether oxygens (including phenoxy) is 4. The normalized spacial score (nSPS) is 22.5. The van der Waals surface area contributed by atoms with Crippen LogP contribution in [-0.2, 0) is 33.5 Å². The Kier molecular flexibility index (Phi) is 11.0. The maximum absolute atomic E-state index is 16.1. The van der Waals surface area contributed by atoms with Crippen LogP contribution in [0.5, 0.6) is 17.4 Å². The molecule has 3 aromatic carbocycles. The van der Waals surface area contributed by atoms with E-state index in [9.17, 15) is 9.90 Å². The van der Waals surface area contributed by atoms with Crippen LogP contribution < -0.4 is 19.5 Å². The molecule has 2 N–H and O–H groups in total. The molecule has 4 aliphatic rings. The second kappa shape index (κ2) is 15.6. The average Bonchev–Trinajstić information content (AvgIpc) is 3.93. The van der Waals surface area contributed by atoms with Crippen LogP contribution in [0.1, 0.15) is 105 Å². The van der Waals surface area contributed by atoms with Crippen molar-refractivity contribution < 1.29 is 47.4 Å². The Labute approximate surface area is 364 Å². The Hall–Kier alpha value is -5.02. The largest absolute Gasteiger partial charge is 0.514 e. The van der Waals surface area contributed by atoms with Crippen LogP contribution in [0.15, 0.2) is 58.6 Å². The fourth-order valence-electron chi connectivity index (χ4n) is 9.17. The number of methoxy groups -OCH3 is 1. The van der Waals surface area contributed by atoms with Gasteiger partial charge in [-0.3, -0.25) is 14.5 Å². The van der Waals surface area contributed by atoms with Gasteiger partial charge in [0, 0.05) is 40.4 Å². The lowest BCUT2D eigenvalue weighted by Gasteiger charge is -2.55. The van der Waals surface area contributed by atoms with Gasteiger partial charge in [-0.05, 0) is 107 Å². The Morgan fingerprint density at radius 2 is 1.68 bits per heavy atom. The molecule has 2 fully saturated rings. The summed E-state index contributed by atoms with van der Waals surface area (Å²) < 4.78 is 37.5. The third-order valence-electron chi connectivity index (χ3n) is 13.2. The molecule has 4 aromatic rings. The number of benzene rings is 3. The SMILES string of the molecule is COc1c2c(c(OC(=O)OC(C)(C)C)c3cc(CNC4CC4)ccc13)C(O)=C1C(=O)[C@]3(O[Si](C)(C)C(C)(C)C)C(=O)c4c(OCc5ccccc5)noc4[C@@H](N(C)C)[C@@H]3C[C@@H]1C2. The second-order valence-corrected chi connectivity index (χ2v) is 24.7. The standard InChI is InChI=1S/C48H59N3O10Si/c1-46(2,3)59-45(55)58-40-31-21-27(24-49-29-18-19-29)17-20-30(31)39(56-9)32-22-28-23-33-37(51(7)8)41-36(44(50-60-41)57-25-26-15-13-12-14-16-26)43(54)48(33,61-62(10,11)47(4,5)6)42(53)34(28)38(52)35(32)40/h12-17,20-21,28-29,33,37,49,52H,18-19,22-25H2,1-11H3/t28-,33-,37-,48-/m0/s1.